The Bertz CT molecular complexity index is 838. The summed E-state index contributed by atoms with van der Waals surface area (Å²) in [6, 6.07) is 13.7. The molecule has 2 rings (SSSR count). The molecule has 0 bridgehead atoms. The molecule has 1 amide bonds. The molecule has 2 aromatic carbocycles. The number of benzene rings is 2. The van der Waals surface area contributed by atoms with Crippen molar-refractivity contribution in [3.05, 3.63) is 65.7 Å². The predicted molar refractivity (Wildman–Crippen MR) is 107 cm³/mol. The maximum absolute atomic E-state index is 12.1. The van der Waals surface area contributed by atoms with Crippen LogP contribution in [-0.4, -0.2) is 30.9 Å². The first kappa shape index (κ1) is 20.9. The van der Waals surface area contributed by atoms with Crippen LogP contribution in [0.3, 0.4) is 0 Å². The van der Waals surface area contributed by atoms with Gasteiger partial charge in [0.2, 0.25) is 5.91 Å². The van der Waals surface area contributed by atoms with E-state index in [2.05, 4.69) is 5.32 Å². The van der Waals surface area contributed by atoms with Crippen molar-refractivity contribution in [2.45, 2.75) is 20.3 Å². The van der Waals surface area contributed by atoms with E-state index in [1.165, 1.54) is 6.08 Å². The Morgan fingerprint density at radius 1 is 0.964 bits per heavy atom. The van der Waals surface area contributed by atoms with Crippen LogP contribution in [-0.2, 0) is 14.3 Å². The molecule has 0 saturated carbocycles. The molecule has 0 aromatic heterocycles. The van der Waals surface area contributed by atoms with Gasteiger partial charge in [-0.15, -0.1) is 0 Å². The van der Waals surface area contributed by atoms with Gasteiger partial charge in [0, 0.05) is 23.7 Å². The van der Waals surface area contributed by atoms with Gasteiger partial charge in [-0.05, 0) is 55.0 Å². The molecule has 2 aromatic rings. The summed E-state index contributed by atoms with van der Waals surface area (Å²) in [6.45, 7) is 3.90. The molecule has 0 aliphatic carbocycles. The Balaban J connectivity index is 1.82. The van der Waals surface area contributed by atoms with Gasteiger partial charge >= 0.3 is 5.97 Å². The molecule has 0 atom stereocenters. The van der Waals surface area contributed by atoms with Gasteiger partial charge in [-0.25, -0.2) is 4.79 Å². The van der Waals surface area contributed by atoms with E-state index in [4.69, 9.17) is 9.47 Å². The van der Waals surface area contributed by atoms with Crippen LogP contribution in [0.2, 0.25) is 0 Å². The van der Waals surface area contributed by atoms with Crippen molar-refractivity contribution in [3.8, 4) is 5.75 Å². The highest BCUT2D eigenvalue weighted by molar-refractivity contribution is 5.99. The fraction of sp³-hybridized carbons (Fsp3) is 0.227. The molecular formula is C22H23NO5. The van der Waals surface area contributed by atoms with Crippen LogP contribution in [0.1, 0.15) is 36.2 Å². The van der Waals surface area contributed by atoms with Gasteiger partial charge in [-0.1, -0.05) is 19.1 Å². The Kier molecular flexibility index (Phi) is 7.96. The number of hydrogen-bond donors (Lipinski definition) is 1. The van der Waals surface area contributed by atoms with Crippen LogP contribution >= 0.6 is 0 Å². The van der Waals surface area contributed by atoms with E-state index in [0.717, 1.165) is 11.3 Å². The molecule has 6 nitrogen and oxygen atoms in total. The van der Waals surface area contributed by atoms with Crippen molar-refractivity contribution in [2.75, 3.05) is 18.5 Å². The predicted octanol–water partition coefficient (Wildman–Crippen LogP) is 3.87. The number of ether oxygens (including phenoxy) is 2. The highest BCUT2D eigenvalue weighted by atomic mass is 16.5. The highest BCUT2D eigenvalue weighted by Crippen LogP contribution is 2.13. The van der Waals surface area contributed by atoms with Gasteiger partial charge in [0.15, 0.2) is 12.4 Å². The molecule has 6 heteroatoms. The number of ketones is 1. The van der Waals surface area contributed by atoms with Gasteiger partial charge in [0.05, 0.1) is 6.61 Å². The fourth-order valence-corrected chi connectivity index (χ4v) is 2.26. The second kappa shape index (κ2) is 10.7. The van der Waals surface area contributed by atoms with Crippen LogP contribution in [0.25, 0.3) is 6.08 Å². The lowest BCUT2D eigenvalue weighted by molar-refractivity contribution is -0.136. The van der Waals surface area contributed by atoms with Crippen molar-refractivity contribution in [3.63, 3.8) is 0 Å². The molecular weight excluding hydrogens is 358 g/mol. The van der Waals surface area contributed by atoms with Crippen LogP contribution in [0.15, 0.2) is 54.6 Å². The Labute approximate surface area is 164 Å². The summed E-state index contributed by atoms with van der Waals surface area (Å²) in [4.78, 5) is 35.2. The number of carbonyl (C=O) groups excluding carboxylic acids is 3. The number of amides is 1. The van der Waals surface area contributed by atoms with Gasteiger partial charge < -0.3 is 14.8 Å². The van der Waals surface area contributed by atoms with Crippen LogP contribution in [0.5, 0.6) is 5.75 Å². The van der Waals surface area contributed by atoms with E-state index in [1.807, 2.05) is 31.2 Å². The molecule has 0 heterocycles. The fourth-order valence-electron chi connectivity index (χ4n) is 2.26. The first-order valence-corrected chi connectivity index (χ1v) is 9.02. The summed E-state index contributed by atoms with van der Waals surface area (Å²) in [6.07, 6.45) is 3.25. The number of anilines is 1. The standard InChI is InChI=1S/C22H23NO5/c1-3-21(25)23-18-10-8-17(9-11-18)20(24)15-28-22(26)14-7-16-5-12-19(13-6-16)27-4-2/h5-14H,3-4,15H2,1-2H3,(H,23,25)/b14-7+. The second-order valence-corrected chi connectivity index (χ2v) is 5.85. The number of esters is 1. The summed E-state index contributed by atoms with van der Waals surface area (Å²) < 4.78 is 10.3. The summed E-state index contributed by atoms with van der Waals surface area (Å²) in [7, 11) is 0. The van der Waals surface area contributed by atoms with Gasteiger partial charge in [-0.3, -0.25) is 9.59 Å². The third-order valence-electron chi connectivity index (χ3n) is 3.76. The van der Waals surface area contributed by atoms with E-state index < -0.39 is 5.97 Å². The number of Topliss-reactive ketones (excluding diaryl/α,β-unsaturated/α-hetero) is 1. The molecule has 0 radical (unpaired) electrons. The van der Waals surface area contributed by atoms with Crippen LogP contribution < -0.4 is 10.1 Å². The average molecular weight is 381 g/mol. The van der Waals surface area contributed by atoms with Crippen molar-refractivity contribution >= 4 is 29.4 Å². The minimum atomic E-state index is -0.603. The third kappa shape index (κ3) is 6.72. The van der Waals surface area contributed by atoms with Crippen molar-refractivity contribution < 1.29 is 23.9 Å². The zero-order chi connectivity index (χ0) is 20.4. The number of carbonyl (C=O) groups is 3. The highest BCUT2D eigenvalue weighted by Gasteiger charge is 2.09. The van der Waals surface area contributed by atoms with Gasteiger partial charge in [-0.2, -0.15) is 0 Å². The Hall–Kier alpha value is -3.41. The molecule has 0 aliphatic rings. The summed E-state index contributed by atoms with van der Waals surface area (Å²) >= 11 is 0. The molecule has 0 aliphatic heterocycles. The van der Waals surface area contributed by atoms with E-state index >= 15 is 0 Å². The lowest BCUT2D eigenvalue weighted by atomic mass is 10.1. The number of hydrogen-bond acceptors (Lipinski definition) is 5. The van der Waals surface area contributed by atoms with Gasteiger partial charge in [0.25, 0.3) is 0 Å². The lowest BCUT2D eigenvalue weighted by Gasteiger charge is -2.05. The summed E-state index contributed by atoms with van der Waals surface area (Å²) in [5.41, 5.74) is 1.83. The third-order valence-corrected chi connectivity index (χ3v) is 3.76. The Morgan fingerprint density at radius 2 is 1.64 bits per heavy atom. The van der Waals surface area contributed by atoms with E-state index in [0.29, 0.717) is 24.3 Å². The zero-order valence-corrected chi connectivity index (χ0v) is 15.9. The molecule has 28 heavy (non-hydrogen) atoms. The normalized spacial score (nSPS) is 10.5. The second-order valence-electron chi connectivity index (χ2n) is 5.85. The molecule has 0 fully saturated rings. The SMILES string of the molecule is CCOc1ccc(/C=C/C(=O)OCC(=O)c2ccc(NC(=O)CC)cc2)cc1. The van der Waals surface area contributed by atoms with Crippen LogP contribution in [0, 0.1) is 0 Å². The van der Waals surface area contributed by atoms with Crippen molar-refractivity contribution in [1.29, 1.82) is 0 Å². The summed E-state index contributed by atoms with van der Waals surface area (Å²) in [5.74, 6) is -0.273. The van der Waals surface area contributed by atoms with E-state index in [9.17, 15) is 14.4 Å². The summed E-state index contributed by atoms with van der Waals surface area (Å²) in [5, 5.41) is 2.70. The van der Waals surface area contributed by atoms with E-state index in [1.54, 1.807) is 37.3 Å². The maximum Gasteiger partial charge on any atom is 0.331 e. The molecule has 146 valence electrons. The number of rotatable bonds is 9. The first-order chi connectivity index (χ1) is 13.5. The quantitative estimate of drug-likeness (QED) is 0.405. The van der Waals surface area contributed by atoms with Crippen molar-refractivity contribution in [2.24, 2.45) is 0 Å². The monoisotopic (exact) mass is 381 g/mol. The Morgan fingerprint density at radius 3 is 2.25 bits per heavy atom. The van der Waals surface area contributed by atoms with Crippen molar-refractivity contribution in [1.82, 2.24) is 0 Å². The molecule has 0 spiro atoms. The van der Waals surface area contributed by atoms with E-state index in [-0.39, 0.29) is 18.3 Å². The largest absolute Gasteiger partial charge is 0.494 e. The maximum atomic E-state index is 12.1. The zero-order valence-electron chi connectivity index (χ0n) is 15.9. The molecule has 0 unspecified atom stereocenters. The minimum absolute atomic E-state index is 0.104. The van der Waals surface area contributed by atoms with Gasteiger partial charge in [0.1, 0.15) is 5.75 Å². The first-order valence-electron chi connectivity index (χ1n) is 9.02. The van der Waals surface area contributed by atoms with Crippen LogP contribution in [0.4, 0.5) is 5.69 Å². The topological polar surface area (TPSA) is 81.7 Å². The average Bonchev–Trinajstić information content (AvgIpc) is 2.72. The molecule has 0 saturated heterocycles. The minimum Gasteiger partial charge on any atom is -0.494 e. The lowest BCUT2D eigenvalue weighted by Crippen LogP contribution is -2.13. The molecule has 1 N–H and O–H groups in total. The number of nitrogens with one attached hydrogen (secondary N) is 1. The smallest absolute Gasteiger partial charge is 0.331 e.